The van der Waals surface area contributed by atoms with Crippen molar-refractivity contribution in [2.24, 2.45) is 16.8 Å². The van der Waals surface area contributed by atoms with Gasteiger partial charge in [-0.25, -0.2) is 0 Å². The summed E-state index contributed by atoms with van der Waals surface area (Å²) in [5.41, 5.74) is 3.17. The van der Waals surface area contributed by atoms with E-state index in [1.165, 1.54) is 4.57 Å². The van der Waals surface area contributed by atoms with Crippen molar-refractivity contribution < 1.29 is 9.53 Å². The van der Waals surface area contributed by atoms with Gasteiger partial charge in [0.15, 0.2) is 0 Å². The highest BCUT2D eigenvalue weighted by atomic mass is 35.5. The van der Waals surface area contributed by atoms with Crippen LogP contribution in [0.5, 0.6) is 0 Å². The van der Waals surface area contributed by atoms with Gasteiger partial charge in [0, 0.05) is 64.8 Å². The summed E-state index contributed by atoms with van der Waals surface area (Å²) in [7, 11) is 0. The zero-order valence-corrected chi connectivity index (χ0v) is 27.3. The van der Waals surface area contributed by atoms with Crippen molar-refractivity contribution in [2.45, 2.75) is 77.9 Å². The lowest BCUT2D eigenvalue weighted by atomic mass is 10.00. The number of hydrogen-bond donors (Lipinski definition) is 2. The number of halogens is 1. The van der Waals surface area contributed by atoms with Crippen molar-refractivity contribution >= 4 is 35.2 Å². The minimum Gasteiger partial charge on any atom is -0.381 e. The fourth-order valence-electron chi connectivity index (χ4n) is 6.14. The van der Waals surface area contributed by atoms with E-state index in [-0.39, 0.29) is 36.0 Å². The van der Waals surface area contributed by atoms with E-state index in [0.717, 1.165) is 55.5 Å². The molecule has 45 heavy (non-hydrogen) atoms. The topological polar surface area (TPSA) is 97.6 Å². The molecule has 1 aromatic carbocycles. The van der Waals surface area contributed by atoms with Crippen LogP contribution in [0.2, 0.25) is 5.02 Å². The number of hydrogen-bond acceptors (Lipinski definition) is 5. The minimum absolute atomic E-state index is 0.104. The van der Waals surface area contributed by atoms with Crippen LogP contribution in [0, 0.1) is 11.8 Å². The third kappa shape index (κ3) is 7.74. The molecule has 1 saturated carbocycles. The zero-order valence-electron chi connectivity index (χ0n) is 26.5. The Labute approximate surface area is 271 Å². The van der Waals surface area contributed by atoms with Crippen LogP contribution in [0.4, 0.5) is 5.82 Å². The van der Waals surface area contributed by atoms with Crippen LogP contribution in [0.1, 0.15) is 64.9 Å². The number of benzene rings is 1. The summed E-state index contributed by atoms with van der Waals surface area (Å²) >= 11 is 6.84. The highest BCUT2D eigenvalue weighted by Crippen LogP contribution is 2.33. The standard InChI is InChI=1S/C36H44ClN5O3/c1-5-23(3)34(39-28-14-17-45-18-15-28)41-35-25(6-2)19-30(29-13-12-26(20-31(29)37)27-10-8-16-38-21-27)36(44)42(35)22-33(43)40-32-11-7-9-24(32)4/h6,8,10,12-13,16,19-21,23-24,28,32H,2,5,7,9,11,14-15,17-18,22H2,1,3-4H3,(H,39,41)(H,40,43). The van der Waals surface area contributed by atoms with E-state index in [9.17, 15) is 9.59 Å². The number of aromatic nitrogens is 2. The van der Waals surface area contributed by atoms with Crippen molar-refractivity contribution in [2.75, 3.05) is 18.5 Å². The quantitative estimate of drug-likeness (QED) is 0.182. The van der Waals surface area contributed by atoms with E-state index < -0.39 is 0 Å². The third-order valence-electron chi connectivity index (χ3n) is 9.14. The first-order valence-corrected chi connectivity index (χ1v) is 16.5. The SMILES string of the molecule is C=Cc1cc(-c2ccc(-c3cccnc3)cc2Cl)c(=O)n(CC(=O)NC2CCCC2C)c1NC(=NC1CCOCC1)C(C)CC. The number of rotatable bonds is 10. The van der Waals surface area contributed by atoms with Crippen molar-refractivity contribution in [1.29, 1.82) is 0 Å². The molecule has 1 aliphatic heterocycles. The molecule has 8 nitrogen and oxygen atoms in total. The maximum absolute atomic E-state index is 14.4. The summed E-state index contributed by atoms with van der Waals surface area (Å²) in [5, 5.41) is 7.14. The first kappa shape index (κ1) is 32.6. The fourth-order valence-corrected chi connectivity index (χ4v) is 6.42. The van der Waals surface area contributed by atoms with Crippen LogP contribution in [-0.4, -0.2) is 46.6 Å². The van der Waals surface area contributed by atoms with E-state index >= 15 is 0 Å². The Morgan fingerprint density at radius 2 is 1.98 bits per heavy atom. The maximum Gasteiger partial charge on any atom is 0.260 e. The minimum atomic E-state index is -0.316. The summed E-state index contributed by atoms with van der Waals surface area (Å²) in [6.07, 6.45) is 10.9. The average Bonchev–Trinajstić information content (AvgIpc) is 3.46. The maximum atomic E-state index is 14.4. The van der Waals surface area contributed by atoms with Gasteiger partial charge in [-0.15, -0.1) is 0 Å². The lowest BCUT2D eigenvalue weighted by Gasteiger charge is -2.25. The molecule has 3 aromatic rings. The largest absolute Gasteiger partial charge is 0.381 e. The van der Waals surface area contributed by atoms with E-state index in [2.05, 4.69) is 43.0 Å². The Hall–Kier alpha value is -3.75. The molecule has 1 saturated heterocycles. The molecule has 5 rings (SSSR count). The number of pyridine rings is 2. The molecule has 3 atom stereocenters. The second kappa shape index (κ2) is 15.0. The van der Waals surface area contributed by atoms with Crippen LogP contribution in [0.3, 0.4) is 0 Å². The summed E-state index contributed by atoms with van der Waals surface area (Å²) in [5.74, 6) is 1.60. The third-order valence-corrected chi connectivity index (χ3v) is 9.45. The van der Waals surface area contributed by atoms with Crippen LogP contribution >= 0.6 is 11.6 Å². The number of carbonyl (C=O) groups excluding carboxylic acids is 1. The number of carbonyl (C=O) groups is 1. The summed E-state index contributed by atoms with van der Waals surface area (Å²) < 4.78 is 7.08. The van der Waals surface area contributed by atoms with Gasteiger partial charge in [-0.3, -0.25) is 24.1 Å². The molecule has 0 spiro atoms. The fraction of sp³-hybridized carbons (Fsp3) is 0.444. The van der Waals surface area contributed by atoms with E-state index in [1.807, 2.05) is 30.3 Å². The van der Waals surface area contributed by atoms with Gasteiger partial charge in [0.1, 0.15) is 18.2 Å². The van der Waals surface area contributed by atoms with Crippen LogP contribution in [-0.2, 0) is 16.1 Å². The molecule has 3 heterocycles. The first-order chi connectivity index (χ1) is 21.8. The molecule has 9 heteroatoms. The van der Waals surface area contributed by atoms with E-state index in [1.54, 1.807) is 24.5 Å². The number of nitrogens with one attached hydrogen (secondary N) is 2. The Morgan fingerprint density at radius 1 is 1.18 bits per heavy atom. The van der Waals surface area contributed by atoms with Gasteiger partial charge >= 0.3 is 0 Å². The Kier molecular flexibility index (Phi) is 10.9. The number of ether oxygens (including phenoxy) is 1. The van der Waals surface area contributed by atoms with E-state index in [0.29, 0.717) is 46.7 Å². The van der Waals surface area contributed by atoms with Gasteiger partial charge in [-0.1, -0.05) is 69.6 Å². The molecular formula is C36H44ClN5O3. The molecule has 0 radical (unpaired) electrons. The number of aliphatic imine (C=N–C) groups is 1. The predicted octanol–water partition coefficient (Wildman–Crippen LogP) is 7.21. The zero-order chi connectivity index (χ0) is 31.9. The highest BCUT2D eigenvalue weighted by molar-refractivity contribution is 6.33. The molecular weight excluding hydrogens is 586 g/mol. The molecule has 2 fully saturated rings. The van der Waals surface area contributed by atoms with Crippen molar-refractivity contribution in [3.05, 3.63) is 76.3 Å². The lowest BCUT2D eigenvalue weighted by Crippen LogP contribution is -2.41. The van der Waals surface area contributed by atoms with Gasteiger partial charge in [-0.05, 0) is 61.8 Å². The predicted molar refractivity (Wildman–Crippen MR) is 184 cm³/mol. The van der Waals surface area contributed by atoms with Gasteiger partial charge in [0.05, 0.1) is 6.04 Å². The molecule has 1 amide bonds. The lowest BCUT2D eigenvalue weighted by molar-refractivity contribution is -0.122. The van der Waals surface area contributed by atoms with Crippen LogP contribution in [0.15, 0.2) is 65.2 Å². The molecule has 1 aliphatic carbocycles. The normalized spacial score (nSPS) is 19.7. The molecule has 238 valence electrons. The van der Waals surface area contributed by atoms with Crippen LogP contribution in [0.25, 0.3) is 28.3 Å². The summed E-state index contributed by atoms with van der Waals surface area (Å²) in [6, 6.07) is 11.5. The summed E-state index contributed by atoms with van der Waals surface area (Å²) in [6.45, 7) is 11.7. The number of amidine groups is 1. The van der Waals surface area contributed by atoms with Crippen LogP contribution < -0.4 is 16.2 Å². The Morgan fingerprint density at radius 3 is 2.62 bits per heavy atom. The number of anilines is 1. The molecule has 2 aliphatic rings. The van der Waals surface area contributed by atoms with Crippen molar-refractivity contribution in [3.63, 3.8) is 0 Å². The number of nitrogens with zero attached hydrogens (tertiary/aromatic N) is 3. The van der Waals surface area contributed by atoms with Gasteiger partial charge in [-0.2, -0.15) is 0 Å². The van der Waals surface area contributed by atoms with Gasteiger partial charge < -0.3 is 15.4 Å². The van der Waals surface area contributed by atoms with Gasteiger partial charge in [0.25, 0.3) is 5.56 Å². The summed E-state index contributed by atoms with van der Waals surface area (Å²) in [4.78, 5) is 37.2. The molecule has 3 unspecified atom stereocenters. The van der Waals surface area contributed by atoms with E-state index in [4.69, 9.17) is 21.3 Å². The highest BCUT2D eigenvalue weighted by Gasteiger charge is 2.27. The Balaban J connectivity index is 1.59. The molecule has 0 bridgehead atoms. The number of amides is 1. The first-order valence-electron chi connectivity index (χ1n) is 16.1. The second-order valence-electron chi connectivity index (χ2n) is 12.3. The van der Waals surface area contributed by atoms with Crippen molar-refractivity contribution in [1.82, 2.24) is 14.9 Å². The second-order valence-corrected chi connectivity index (χ2v) is 12.7. The average molecular weight is 630 g/mol. The van der Waals surface area contributed by atoms with Gasteiger partial charge in [0.2, 0.25) is 5.91 Å². The van der Waals surface area contributed by atoms with Crippen molar-refractivity contribution in [3.8, 4) is 22.3 Å². The smallest absolute Gasteiger partial charge is 0.260 e. The monoisotopic (exact) mass is 629 g/mol. The molecule has 2 N–H and O–H groups in total. The Bertz CT molecular complexity index is 1600. The molecule has 2 aromatic heterocycles.